The van der Waals surface area contributed by atoms with Crippen LogP contribution in [0.4, 0.5) is 0 Å². The predicted molar refractivity (Wildman–Crippen MR) is 120 cm³/mol. The van der Waals surface area contributed by atoms with Gasteiger partial charge in [0.1, 0.15) is 5.52 Å². The number of halogens is 2. The topological polar surface area (TPSA) is 43.1 Å². The minimum Gasteiger partial charge on any atom is -0.243 e. The standard InChI is InChI=1S/C23H14Cl2N4/c24-17-9-6-10-18(25)16(17)14-26-29-22(15-7-2-1-3-8-15)13-21-23(29)28-20-12-5-4-11-19(20)27-21/h1-14H/b26-14+. The number of hydrogen-bond donors (Lipinski definition) is 0. The third-order valence-corrected chi connectivity index (χ3v) is 5.31. The molecule has 0 atom stereocenters. The van der Waals surface area contributed by atoms with Crippen molar-refractivity contribution >= 4 is 51.6 Å². The fourth-order valence-electron chi connectivity index (χ4n) is 3.24. The molecule has 5 aromatic rings. The third-order valence-electron chi connectivity index (χ3n) is 4.65. The van der Waals surface area contributed by atoms with Gasteiger partial charge in [-0.2, -0.15) is 5.10 Å². The first-order chi connectivity index (χ1) is 14.2. The molecule has 5 rings (SSSR count). The van der Waals surface area contributed by atoms with E-state index in [1.165, 1.54) is 0 Å². The highest BCUT2D eigenvalue weighted by Gasteiger charge is 2.14. The lowest BCUT2D eigenvalue weighted by atomic mass is 10.1. The molecule has 0 N–H and O–H groups in total. The van der Waals surface area contributed by atoms with Crippen LogP contribution in [0.5, 0.6) is 0 Å². The molecule has 29 heavy (non-hydrogen) atoms. The maximum atomic E-state index is 6.31. The molecule has 4 nitrogen and oxygen atoms in total. The van der Waals surface area contributed by atoms with Crippen molar-refractivity contribution in [3.63, 3.8) is 0 Å². The zero-order valence-electron chi connectivity index (χ0n) is 15.1. The van der Waals surface area contributed by atoms with Crippen LogP contribution in [0.15, 0.2) is 84.0 Å². The molecule has 0 amide bonds. The lowest BCUT2D eigenvalue weighted by molar-refractivity contribution is 0.926. The van der Waals surface area contributed by atoms with Gasteiger partial charge in [0.25, 0.3) is 0 Å². The molecular formula is C23H14Cl2N4. The Bertz CT molecular complexity index is 1350. The minimum atomic E-state index is 0.538. The molecule has 0 aliphatic carbocycles. The number of benzene rings is 3. The van der Waals surface area contributed by atoms with Crippen molar-refractivity contribution in [3.05, 3.63) is 94.5 Å². The quantitative estimate of drug-likeness (QED) is 0.317. The predicted octanol–water partition coefficient (Wildman–Crippen LogP) is 6.44. The average molecular weight is 417 g/mol. The molecule has 0 radical (unpaired) electrons. The fraction of sp³-hybridized carbons (Fsp3) is 0. The molecule has 0 spiro atoms. The summed E-state index contributed by atoms with van der Waals surface area (Å²) in [5.41, 5.74) is 5.64. The first-order valence-electron chi connectivity index (χ1n) is 9.03. The second kappa shape index (κ2) is 7.32. The normalized spacial score (nSPS) is 11.7. The number of rotatable bonds is 3. The van der Waals surface area contributed by atoms with E-state index in [9.17, 15) is 0 Å². The van der Waals surface area contributed by atoms with E-state index < -0.39 is 0 Å². The Balaban J connectivity index is 1.77. The van der Waals surface area contributed by atoms with Gasteiger partial charge in [0.15, 0.2) is 5.65 Å². The highest BCUT2D eigenvalue weighted by atomic mass is 35.5. The highest BCUT2D eigenvalue weighted by Crippen LogP contribution is 2.28. The van der Waals surface area contributed by atoms with Gasteiger partial charge in [0, 0.05) is 11.1 Å². The summed E-state index contributed by atoms with van der Waals surface area (Å²) in [6.07, 6.45) is 1.66. The Morgan fingerprint density at radius 3 is 2.10 bits per heavy atom. The van der Waals surface area contributed by atoms with E-state index in [0.29, 0.717) is 21.3 Å². The van der Waals surface area contributed by atoms with E-state index in [2.05, 4.69) is 5.10 Å². The third kappa shape index (κ3) is 3.27. The second-order valence-corrected chi connectivity index (χ2v) is 7.32. The monoisotopic (exact) mass is 416 g/mol. The molecule has 0 bridgehead atoms. The van der Waals surface area contributed by atoms with Crippen molar-refractivity contribution in [3.8, 4) is 11.3 Å². The van der Waals surface area contributed by atoms with Gasteiger partial charge in [-0.3, -0.25) is 0 Å². The molecule has 0 aliphatic rings. The van der Waals surface area contributed by atoms with Crippen molar-refractivity contribution in [1.82, 2.24) is 14.6 Å². The summed E-state index contributed by atoms with van der Waals surface area (Å²) in [4.78, 5) is 9.57. The van der Waals surface area contributed by atoms with Gasteiger partial charge < -0.3 is 0 Å². The molecule has 2 heterocycles. The number of nitrogens with zero attached hydrogens (tertiary/aromatic N) is 4. The zero-order valence-corrected chi connectivity index (χ0v) is 16.6. The molecule has 6 heteroatoms. The Labute approximate surface area is 177 Å². The van der Waals surface area contributed by atoms with Gasteiger partial charge in [0.05, 0.1) is 33.0 Å². The van der Waals surface area contributed by atoms with E-state index >= 15 is 0 Å². The Morgan fingerprint density at radius 2 is 1.38 bits per heavy atom. The SMILES string of the molecule is Clc1cccc(Cl)c1/C=N/n1c(-c2ccccc2)cc2nc3ccccc3nc21. The lowest BCUT2D eigenvalue weighted by Gasteiger charge is -2.06. The van der Waals surface area contributed by atoms with E-state index in [0.717, 1.165) is 27.8 Å². The van der Waals surface area contributed by atoms with Gasteiger partial charge in [-0.15, -0.1) is 0 Å². The smallest absolute Gasteiger partial charge is 0.180 e. The number of para-hydroxylation sites is 2. The van der Waals surface area contributed by atoms with Gasteiger partial charge >= 0.3 is 0 Å². The van der Waals surface area contributed by atoms with Crippen LogP contribution in [0, 0.1) is 0 Å². The summed E-state index contributed by atoms with van der Waals surface area (Å²) in [5.74, 6) is 0. The van der Waals surface area contributed by atoms with Gasteiger partial charge in [-0.25, -0.2) is 14.6 Å². The van der Waals surface area contributed by atoms with Crippen LogP contribution in [0.1, 0.15) is 5.56 Å². The van der Waals surface area contributed by atoms with Crippen LogP contribution in [-0.4, -0.2) is 20.9 Å². The molecule has 0 fully saturated rings. The average Bonchev–Trinajstić information content (AvgIpc) is 3.10. The van der Waals surface area contributed by atoms with E-state index in [-0.39, 0.29) is 0 Å². The van der Waals surface area contributed by atoms with Crippen LogP contribution >= 0.6 is 23.2 Å². The summed E-state index contributed by atoms with van der Waals surface area (Å²) in [6.45, 7) is 0. The molecule has 2 aromatic heterocycles. The number of hydrogen-bond acceptors (Lipinski definition) is 3. The summed E-state index contributed by atoms with van der Waals surface area (Å²) in [6, 6.07) is 25.2. The summed E-state index contributed by atoms with van der Waals surface area (Å²) < 4.78 is 1.78. The van der Waals surface area contributed by atoms with Crippen molar-refractivity contribution in [2.45, 2.75) is 0 Å². The number of aromatic nitrogens is 3. The summed E-state index contributed by atoms with van der Waals surface area (Å²) in [7, 11) is 0. The van der Waals surface area contributed by atoms with Crippen molar-refractivity contribution < 1.29 is 0 Å². The highest BCUT2D eigenvalue weighted by molar-refractivity contribution is 6.38. The van der Waals surface area contributed by atoms with Crippen LogP contribution in [0.2, 0.25) is 10.0 Å². The molecule has 0 saturated carbocycles. The lowest BCUT2D eigenvalue weighted by Crippen LogP contribution is -1.97. The van der Waals surface area contributed by atoms with Gasteiger partial charge in [-0.1, -0.05) is 71.7 Å². The van der Waals surface area contributed by atoms with Crippen LogP contribution in [0.3, 0.4) is 0 Å². The maximum absolute atomic E-state index is 6.31. The molecule has 140 valence electrons. The van der Waals surface area contributed by atoms with E-state index in [1.54, 1.807) is 29.1 Å². The van der Waals surface area contributed by atoms with E-state index in [1.807, 2.05) is 60.7 Å². The van der Waals surface area contributed by atoms with Crippen molar-refractivity contribution in [2.75, 3.05) is 0 Å². The van der Waals surface area contributed by atoms with Gasteiger partial charge in [-0.05, 0) is 30.3 Å². The molecule has 0 aliphatic heterocycles. The Kier molecular flexibility index (Phi) is 4.51. The first-order valence-corrected chi connectivity index (χ1v) is 9.78. The van der Waals surface area contributed by atoms with E-state index in [4.69, 9.17) is 33.2 Å². The molecule has 0 unspecified atom stereocenters. The maximum Gasteiger partial charge on any atom is 0.180 e. The summed E-state index contributed by atoms with van der Waals surface area (Å²) in [5, 5.41) is 5.76. The Morgan fingerprint density at radius 1 is 0.724 bits per heavy atom. The van der Waals surface area contributed by atoms with Gasteiger partial charge in [0.2, 0.25) is 0 Å². The van der Waals surface area contributed by atoms with Crippen molar-refractivity contribution in [2.24, 2.45) is 5.10 Å². The summed E-state index contributed by atoms with van der Waals surface area (Å²) >= 11 is 12.6. The Hall–Kier alpha value is -3.21. The van der Waals surface area contributed by atoms with Crippen LogP contribution in [0.25, 0.3) is 33.5 Å². The molecule has 0 saturated heterocycles. The zero-order chi connectivity index (χ0) is 19.8. The fourth-order valence-corrected chi connectivity index (χ4v) is 3.74. The second-order valence-electron chi connectivity index (χ2n) is 6.51. The van der Waals surface area contributed by atoms with Crippen LogP contribution < -0.4 is 0 Å². The first kappa shape index (κ1) is 17.9. The molecule has 3 aromatic carbocycles. The van der Waals surface area contributed by atoms with Crippen molar-refractivity contribution in [1.29, 1.82) is 0 Å². The largest absolute Gasteiger partial charge is 0.243 e. The minimum absolute atomic E-state index is 0.538. The van der Waals surface area contributed by atoms with Crippen LogP contribution in [-0.2, 0) is 0 Å². The number of fused-ring (bicyclic) bond motifs is 2. The molecular weight excluding hydrogens is 403 g/mol.